The number of hydrogen-bond donors (Lipinski definition) is 1. The van der Waals surface area contributed by atoms with Crippen LogP contribution in [0.1, 0.15) is 38.7 Å². The second kappa shape index (κ2) is 5.30. The Kier molecular flexibility index (Phi) is 4.12. The lowest BCUT2D eigenvalue weighted by Crippen LogP contribution is -2.51. The van der Waals surface area contributed by atoms with E-state index in [0.717, 1.165) is 22.9 Å². The molecule has 0 bridgehead atoms. The van der Waals surface area contributed by atoms with Crippen LogP contribution >= 0.6 is 15.9 Å². The van der Waals surface area contributed by atoms with E-state index in [1.54, 1.807) is 6.07 Å². The standard InChI is InChI=1S/C15H21BrFN/c1-10-3-4-11(2)15(18,8-10)9-12-7-13(16)5-6-14(12)17/h5-7,10-11H,3-4,8-9,18H2,1-2H3. The summed E-state index contributed by atoms with van der Waals surface area (Å²) in [7, 11) is 0. The minimum absolute atomic E-state index is 0.145. The molecule has 0 saturated heterocycles. The summed E-state index contributed by atoms with van der Waals surface area (Å²) in [5.41, 5.74) is 7.03. The summed E-state index contributed by atoms with van der Waals surface area (Å²) in [5.74, 6) is 0.946. The van der Waals surface area contributed by atoms with Gasteiger partial charge in [0.15, 0.2) is 0 Å². The molecule has 0 heterocycles. The largest absolute Gasteiger partial charge is 0.325 e. The molecule has 1 saturated carbocycles. The Morgan fingerprint density at radius 3 is 2.83 bits per heavy atom. The van der Waals surface area contributed by atoms with E-state index in [4.69, 9.17) is 5.73 Å². The highest BCUT2D eigenvalue weighted by Crippen LogP contribution is 2.37. The van der Waals surface area contributed by atoms with Crippen molar-refractivity contribution in [3.05, 3.63) is 34.1 Å². The summed E-state index contributed by atoms with van der Waals surface area (Å²) >= 11 is 3.40. The lowest BCUT2D eigenvalue weighted by molar-refractivity contribution is 0.160. The first kappa shape index (κ1) is 14.0. The van der Waals surface area contributed by atoms with Crippen LogP contribution in [0.4, 0.5) is 4.39 Å². The van der Waals surface area contributed by atoms with Crippen LogP contribution in [0.3, 0.4) is 0 Å². The molecule has 0 radical (unpaired) electrons. The van der Waals surface area contributed by atoms with Gasteiger partial charge in [-0.25, -0.2) is 4.39 Å². The van der Waals surface area contributed by atoms with E-state index in [-0.39, 0.29) is 11.4 Å². The van der Waals surface area contributed by atoms with Crippen LogP contribution < -0.4 is 5.73 Å². The molecule has 1 aromatic rings. The van der Waals surface area contributed by atoms with Gasteiger partial charge in [0.1, 0.15) is 5.82 Å². The number of hydrogen-bond acceptors (Lipinski definition) is 1. The fourth-order valence-corrected chi connectivity index (χ4v) is 3.46. The second-order valence-corrected chi connectivity index (χ2v) is 6.85. The topological polar surface area (TPSA) is 26.0 Å². The molecule has 1 nitrogen and oxygen atoms in total. The van der Waals surface area contributed by atoms with Crippen LogP contribution in [-0.4, -0.2) is 5.54 Å². The molecule has 100 valence electrons. The van der Waals surface area contributed by atoms with Crippen molar-refractivity contribution in [2.45, 2.75) is 45.1 Å². The lowest BCUT2D eigenvalue weighted by atomic mass is 9.68. The van der Waals surface area contributed by atoms with E-state index in [1.807, 2.05) is 6.07 Å². The molecule has 2 N–H and O–H groups in total. The SMILES string of the molecule is CC1CCC(C)C(N)(Cc2cc(Br)ccc2F)C1. The van der Waals surface area contributed by atoms with Crippen LogP contribution in [-0.2, 0) is 6.42 Å². The van der Waals surface area contributed by atoms with Crippen LogP contribution in [0.25, 0.3) is 0 Å². The Hall–Kier alpha value is -0.410. The van der Waals surface area contributed by atoms with Gasteiger partial charge in [0.2, 0.25) is 0 Å². The quantitative estimate of drug-likeness (QED) is 0.866. The van der Waals surface area contributed by atoms with Crippen molar-refractivity contribution in [3.8, 4) is 0 Å². The third-order valence-electron chi connectivity index (χ3n) is 4.33. The molecule has 0 amide bonds. The Morgan fingerprint density at radius 2 is 2.11 bits per heavy atom. The highest BCUT2D eigenvalue weighted by Gasteiger charge is 2.37. The van der Waals surface area contributed by atoms with E-state index < -0.39 is 0 Å². The van der Waals surface area contributed by atoms with Crippen molar-refractivity contribution in [1.82, 2.24) is 0 Å². The Labute approximate surface area is 117 Å². The van der Waals surface area contributed by atoms with Gasteiger partial charge in [0.05, 0.1) is 0 Å². The van der Waals surface area contributed by atoms with Crippen LogP contribution in [0.5, 0.6) is 0 Å². The van der Waals surface area contributed by atoms with E-state index in [9.17, 15) is 4.39 Å². The fourth-order valence-electron chi connectivity index (χ4n) is 3.05. The zero-order chi connectivity index (χ0) is 13.3. The molecule has 3 unspecified atom stereocenters. The molecule has 18 heavy (non-hydrogen) atoms. The summed E-state index contributed by atoms with van der Waals surface area (Å²) in [6.45, 7) is 4.44. The van der Waals surface area contributed by atoms with E-state index in [2.05, 4.69) is 29.8 Å². The Bertz CT molecular complexity index is 435. The molecule has 1 aromatic carbocycles. The highest BCUT2D eigenvalue weighted by atomic mass is 79.9. The van der Waals surface area contributed by atoms with Gasteiger partial charge in [-0.05, 0) is 54.9 Å². The van der Waals surface area contributed by atoms with E-state index in [1.165, 1.54) is 12.5 Å². The van der Waals surface area contributed by atoms with Crippen molar-refractivity contribution in [3.63, 3.8) is 0 Å². The molecule has 0 spiro atoms. The van der Waals surface area contributed by atoms with Gasteiger partial charge in [0, 0.05) is 10.0 Å². The maximum absolute atomic E-state index is 13.8. The minimum atomic E-state index is -0.265. The van der Waals surface area contributed by atoms with Gasteiger partial charge < -0.3 is 5.73 Å². The first-order valence-corrected chi connectivity index (χ1v) is 7.43. The maximum Gasteiger partial charge on any atom is 0.126 e. The van der Waals surface area contributed by atoms with Crippen molar-refractivity contribution in [1.29, 1.82) is 0 Å². The van der Waals surface area contributed by atoms with Crippen LogP contribution in [0, 0.1) is 17.7 Å². The van der Waals surface area contributed by atoms with Crippen molar-refractivity contribution >= 4 is 15.9 Å². The van der Waals surface area contributed by atoms with Gasteiger partial charge >= 0.3 is 0 Å². The summed E-state index contributed by atoms with van der Waals surface area (Å²) in [5, 5.41) is 0. The average molecular weight is 314 g/mol. The highest BCUT2D eigenvalue weighted by molar-refractivity contribution is 9.10. The molecule has 2 rings (SSSR count). The van der Waals surface area contributed by atoms with E-state index >= 15 is 0 Å². The minimum Gasteiger partial charge on any atom is -0.325 e. The average Bonchev–Trinajstić information content (AvgIpc) is 2.29. The maximum atomic E-state index is 13.8. The molecule has 1 fully saturated rings. The summed E-state index contributed by atoms with van der Waals surface area (Å²) in [6.07, 6.45) is 4.00. The van der Waals surface area contributed by atoms with Crippen LogP contribution in [0.2, 0.25) is 0 Å². The normalized spacial score (nSPS) is 32.5. The zero-order valence-corrected chi connectivity index (χ0v) is 12.6. The summed E-state index contributed by atoms with van der Waals surface area (Å²) in [4.78, 5) is 0. The number of rotatable bonds is 2. The van der Waals surface area contributed by atoms with Gasteiger partial charge in [0.25, 0.3) is 0 Å². The molecule has 3 atom stereocenters. The molecule has 1 aliphatic carbocycles. The number of nitrogens with two attached hydrogens (primary N) is 1. The fraction of sp³-hybridized carbons (Fsp3) is 0.600. The summed E-state index contributed by atoms with van der Waals surface area (Å²) in [6, 6.07) is 5.10. The van der Waals surface area contributed by atoms with Gasteiger partial charge in [-0.2, -0.15) is 0 Å². The zero-order valence-electron chi connectivity index (χ0n) is 11.0. The van der Waals surface area contributed by atoms with Gasteiger partial charge in [-0.3, -0.25) is 0 Å². The molecule has 1 aliphatic rings. The Morgan fingerprint density at radius 1 is 1.39 bits per heavy atom. The molecule has 0 aromatic heterocycles. The second-order valence-electron chi connectivity index (χ2n) is 5.93. The summed E-state index contributed by atoms with van der Waals surface area (Å²) < 4.78 is 14.8. The third-order valence-corrected chi connectivity index (χ3v) is 4.82. The predicted molar refractivity (Wildman–Crippen MR) is 76.9 cm³/mol. The van der Waals surface area contributed by atoms with Crippen LogP contribution in [0.15, 0.2) is 22.7 Å². The van der Waals surface area contributed by atoms with Crippen molar-refractivity contribution in [2.24, 2.45) is 17.6 Å². The van der Waals surface area contributed by atoms with Crippen molar-refractivity contribution < 1.29 is 4.39 Å². The molecular weight excluding hydrogens is 293 g/mol. The first-order valence-electron chi connectivity index (χ1n) is 6.63. The molecule has 3 heteroatoms. The molecular formula is C15H21BrFN. The smallest absolute Gasteiger partial charge is 0.126 e. The van der Waals surface area contributed by atoms with Gasteiger partial charge in [-0.1, -0.05) is 36.2 Å². The lowest BCUT2D eigenvalue weighted by Gasteiger charge is -2.42. The van der Waals surface area contributed by atoms with E-state index in [0.29, 0.717) is 18.3 Å². The Balaban J connectivity index is 2.23. The number of benzene rings is 1. The van der Waals surface area contributed by atoms with Crippen molar-refractivity contribution in [2.75, 3.05) is 0 Å². The van der Waals surface area contributed by atoms with Gasteiger partial charge in [-0.15, -0.1) is 0 Å². The molecule has 0 aliphatic heterocycles. The third kappa shape index (κ3) is 2.94. The predicted octanol–water partition coefficient (Wildman–Crippen LogP) is 4.28. The first-order chi connectivity index (χ1) is 8.40. The monoisotopic (exact) mass is 313 g/mol. The number of halogens is 2.